The van der Waals surface area contributed by atoms with Gasteiger partial charge in [-0.15, -0.1) is 0 Å². The van der Waals surface area contributed by atoms with E-state index in [0.29, 0.717) is 0 Å². The Hall–Kier alpha value is 1.59. The molecule has 0 unspecified atom stereocenters. The Morgan fingerprint density at radius 1 is 0.455 bits per heavy atom. The number of carbonyl (C=O) groups is 3. The SMILES string of the molecule is C=O.C=O.C=O.[Al+3].[Al+3].[Co-2].[Co-2].[Co-2]. The maximum Gasteiger partial charge on any atom is 3.00 e. The molecule has 0 heterocycles. The number of rotatable bonds is 0. The van der Waals surface area contributed by atoms with Gasteiger partial charge in [0.15, 0.2) is 0 Å². The van der Waals surface area contributed by atoms with Crippen molar-refractivity contribution >= 4 is 55.1 Å². The summed E-state index contributed by atoms with van der Waals surface area (Å²) in [6.07, 6.45) is 0. The van der Waals surface area contributed by atoms with E-state index in [0.717, 1.165) is 0 Å². The average molecular weight is 321 g/mol. The predicted octanol–water partition coefficient (Wildman–Crippen LogP) is -1.32. The molecule has 0 aromatic rings. The molecule has 0 spiro atoms. The maximum absolute atomic E-state index is 8.00. The van der Waals surface area contributed by atoms with Crippen molar-refractivity contribution < 1.29 is 64.7 Å². The molecule has 0 N–H and O–H groups in total. The Morgan fingerprint density at radius 2 is 0.455 bits per heavy atom. The molecule has 0 aromatic heterocycles. The summed E-state index contributed by atoms with van der Waals surface area (Å²) in [4.78, 5) is 24.0. The first-order valence-electron chi connectivity index (χ1n) is 0.866. The average Bonchev–Trinajstić information content (AvgIpc) is 1.81. The summed E-state index contributed by atoms with van der Waals surface area (Å²) in [5.74, 6) is 0. The van der Waals surface area contributed by atoms with Gasteiger partial charge in [0.05, 0.1) is 0 Å². The van der Waals surface area contributed by atoms with Gasteiger partial charge in [0.2, 0.25) is 0 Å². The topological polar surface area (TPSA) is 51.2 Å². The Balaban J connectivity index is -0.00000000167. The molecule has 0 aliphatic carbocycles. The molecule has 0 fully saturated rings. The number of carbonyl (C=O) groups excluding carboxylic acids is 3. The van der Waals surface area contributed by atoms with Crippen molar-refractivity contribution in [2.24, 2.45) is 0 Å². The minimum Gasteiger partial charge on any atom is -2.00 e. The molecule has 0 saturated heterocycles. The van der Waals surface area contributed by atoms with Crippen LogP contribution in [0.5, 0.6) is 0 Å². The third-order valence-corrected chi connectivity index (χ3v) is 0. The van der Waals surface area contributed by atoms with Crippen molar-refractivity contribution in [2.45, 2.75) is 0 Å². The fourth-order valence-electron chi connectivity index (χ4n) is 0. The Morgan fingerprint density at radius 3 is 0.455 bits per heavy atom. The van der Waals surface area contributed by atoms with Crippen molar-refractivity contribution in [1.29, 1.82) is 0 Å². The van der Waals surface area contributed by atoms with Crippen LogP contribution in [0.4, 0.5) is 0 Å². The number of hydrogen-bond donors (Lipinski definition) is 0. The van der Waals surface area contributed by atoms with E-state index in [4.69, 9.17) is 14.4 Å². The monoisotopic (exact) mass is 321 g/mol. The zero-order valence-corrected chi connectivity index (χ0v) is 10.9. The maximum atomic E-state index is 8.00. The van der Waals surface area contributed by atoms with Crippen molar-refractivity contribution in [3.8, 4) is 0 Å². The smallest absolute Gasteiger partial charge is 2.00 e. The van der Waals surface area contributed by atoms with Gasteiger partial charge in [-0.05, 0) is 0 Å². The molecule has 0 aliphatic heterocycles. The summed E-state index contributed by atoms with van der Waals surface area (Å²) in [5.41, 5.74) is 0. The molecule has 0 atom stereocenters. The molecule has 8 heteroatoms. The largest absolute Gasteiger partial charge is 3.00 e. The zero-order chi connectivity index (χ0) is 6.00. The summed E-state index contributed by atoms with van der Waals surface area (Å²) in [7, 11) is 0. The normalized spacial score (nSPS) is 1.09. The van der Waals surface area contributed by atoms with Crippen LogP contribution in [0.1, 0.15) is 0 Å². The van der Waals surface area contributed by atoms with Crippen molar-refractivity contribution in [3.05, 3.63) is 0 Å². The van der Waals surface area contributed by atoms with Crippen molar-refractivity contribution in [1.82, 2.24) is 0 Å². The molecule has 11 heavy (non-hydrogen) atoms. The molecule has 0 saturated carbocycles. The van der Waals surface area contributed by atoms with E-state index < -0.39 is 0 Å². The number of hydrogen-bond acceptors (Lipinski definition) is 3. The molecule has 0 bridgehead atoms. The second-order valence-corrected chi connectivity index (χ2v) is 0. The first-order chi connectivity index (χ1) is 3.00. The fraction of sp³-hybridized carbons (Fsp3) is 0. The van der Waals surface area contributed by atoms with Crippen LogP contribution in [0.25, 0.3) is 0 Å². The van der Waals surface area contributed by atoms with E-state index in [9.17, 15) is 0 Å². The molecule has 3 nitrogen and oxygen atoms in total. The van der Waals surface area contributed by atoms with Gasteiger partial charge in [0.1, 0.15) is 20.4 Å². The van der Waals surface area contributed by atoms with E-state index in [1.165, 1.54) is 0 Å². The second-order valence-electron chi connectivity index (χ2n) is 0. The van der Waals surface area contributed by atoms with Crippen LogP contribution < -0.4 is 0 Å². The minimum atomic E-state index is 0. The molecule has 0 amide bonds. The van der Waals surface area contributed by atoms with Crippen LogP contribution in [0.15, 0.2) is 0 Å². The molecule has 3 radical (unpaired) electrons. The van der Waals surface area contributed by atoms with Crippen LogP contribution >= 0.6 is 0 Å². The van der Waals surface area contributed by atoms with Gasteiger partial charge in [0, 0.05) is 0 Å². The predicted molar refractivity (Wildman–Crippen MR) is 32.9 cm³/mol. The summed E-state index contributed by atoms with van der Waals surface area (Å²) >= 11 is 0. The summed E-state index contributed by atoms with van der Waals surface area (Å²) < 4.78 is 0. The molecule has 69 valence electrons. The van der Waals surface area contributed by atoms with Gasteiger partial charge in [0.25, 0.3) is 0 Å². The van der Waals surface area contributed by atoms with Crippen LogP contribution in [0.3, 0.4) is 0 Å². The van der Waals surface area contributed by atoms with E-state index >= 15 is 0 Å². The molecule has 0 rings (SSSR count). The van der Waals surface area contributed by atoms with Crippen LogP contribution in [0.2, 0.25) is 0 Å². The van der Waals surface area contributed by atoms with Crippen molar-refractivity contribution in [3.63, 3.8) is 0 Å². The van der Waals surface area contributed by atoms with Gasteiger partial charge < -0.3 is 64.7 Å². The summed E-state index contributed by atoms with van der Waals surface area (Å²) in [5, 5.41) is 0. The van der Waals surface area contributed by atoms with E-state index in [-0.39, 0.29) is 85.1 Å². The standard InChI is InChI=1S/3CH2O.2Al.3Co/c3*1-2;;;;;/h3*1H2;;;;;/q;;;2*+3;3*-2. The Labute approximate surface area is 119 Å². The minimum absolute atomic E-state index is 0. The first kappa shape index (κ1) is 80.2. The summed E-state index contributed by atoms with van der Waals surface area (Å²) in [6.45, 7) is 6.00. The third-order valence-electron chi connectivity index (χ3n) is 0. The zero-order valence-electron chi connectivity index (χ0n) is 5.50. The van der Waals surface area contributed by atoms with Gasteiger partial charge in [-0.3, -0.25) is 0 Å². The first-order valence-corrected chi connectivity index (χ1v) is 0.866. The fourth-order valence-corrected chi connectivity index (χ4v) is 0. The van der Waals surface area contributed by atoms with Crippen LogP contribution in [-0.2, 0) is 64.7 Å². The van der Waals surface area contributed by atoms with Gasteiger partial charge in [-0.1, -0.05) is 0 Å². The molecule has 0 aliphatic rings. The van der Waals surface area contributed by atoms with E-state index in [2.05, 4.69) is 0 Å². The quantitative estimate of drug-likeness (QED) is 0.520. The third kappa shape index (κ3) is 420. The van der Waals surface area contributed by atoms with Crippen LogP contribution in [-0.4, -0.2) is 55.1 Å². The molecular formula is C3H6Al2Co3O3. The summed E-state index contributed by atoms with van der Waals surface area (Å²) in [6, 6.07) is 0. The van der Waals surface area contributed by atoms with Gasteiger partial charge in [-0.25, -0.2) is 0 Å². The second kappa shape index (κ2) is 512. The molecular weight excluding hydrogens is 315 g/mol. The van der Waals surface area contributed by atoms with Gasteiger partial charge in [-0.2, -0.15) is 0 Å². The van der Waals surface area contributed by atoms with Crippen molar-refractivity contribution in [2.75, 3.05) is 0 Å². The molecule has 0 aromatic carbocycles. The van der Waals surface area contributed by atoms with Crippen LogP contribution in [0, 0.1) is 0 Å². The Kier molecular flexibility index (Phi) is 3730. The Bertz CT molecular complexity index is 26.5. The van der Waals surface area contributed by atoms with E-state index in [1.54, 1.807) is 0 Å². The van der Waals surface area contributed by atoms with Gasteiger partial charge >= 0.3 is 34.7 Å². The van der Waals surface area contributed by atoms with E-state index in [1.807, 2.05) is 20.4 Å².